The van der Waals surface area contributed by atoms with Gasteiger partial charge in [0.2, 0.25) is 5.79 Å². The summed E-state index contributed by atoms with van der Waals surface area (Å²) in [6, 6.07) is -1.12. The van der Waals surface area contributed by atoms with E-state index in [9.17, 15) is 39.6 Å². The molecule has 3 fully saturated rings. The molecule has 5 N–H and O–H groups in total. The Morgan fingerprint density at radius 1 is 0.802 bits per heavy atom. The SMILES string of the molecule is CCOCCOCCOCCNC(=O)CO/N=C1\[C@H](C)C[C@H](C)C(C)C/C=C/C=C(\C)[C@@H](OC)C[C@@H]2CC[C@@H](C)[C@@](O)(O2)C(=O)C(=O)N2CCCC[C@H]2C(=O)O[C@H](CC[C@@H]2CC[C@@H](O)[C@H](OC)C2)C[C@@H](O)[C@H](C)/C=C(\C)[C@@H](O)[C@H]1OC. The van der Waals surface area contributed by atoms with Crippen molar-refractivity contribution in [2.24, 2.45) is 40.7 Å². The number of nitrogens with one attached hydrogen (secondary N) is 1. The van der Waals surface area contributed by atoms with Gasteiger partial charge < -0.3 is 73.4 Å². The monoisotopic (exact) mass is 1150 g/mol. The molecule has 2 saturated heterocycles. The molecule has 3 heterocycles. The van der Waals surface area contributed by atoms with Gasteiger partial charge in [0.05, 0.1) is 69.3 Å². The van der Waals surface area contributed by atoms with E-state index in [2.05, 4.69) is 30.4 Å². The highest BCUT2D eigenvalue weighted by Crippen LogP contribution is 2.38. The van der Waals surface area contributed by atoms with Gasteiger partial charge in [-0.3, -0.25) is 14.4 Å². The molecule has 0 spiro atoms. The van der Waals surface area contributed by atoms with Gasteiger partial charge in [0.25, 0.3) is 17.6 Å². The molecule has 0 aromatic carbocycles. The van der Waals surface area contributed by atoms with Gasteiger partial charge in [0.15, 0.2) is 6.61 Å². The fraction of sp³-hybridized carbons (Fsp3) is 0.820. The first kappa shape index (κ1) is 69.8. The van der Waals surface area contributed by atoms with Crippen molar-refractivity contribution in [3.8, 4) is 0 Å². The first-order valence-corrected chi connectivity index (χ1v) is 30.0. The summed E-state index contributed by atoms with van der Waals surface area (Å²) in [6.07, 6.45) is 8.53. The van der Waals surface area contributed by atoms with E-state index in [0.29, 0.717) is 109 Å². The van der Waals surface area contributed by atoms with E-state index in [4.69, 9.17) is 42.7 Å². The lowest BCUT2D eigenvalue weighted by Crippen LogP contribution is -2.60. The first-order chi connectivity index (χ1) is 38.7. The number of carbonyl (C=O) groups is 4. The van der Waals surface area contributed by atoms with Gasteiger partial charge in [-0.1, -0.05) is 64.1 Å². The minimum atomic E-state index is -2.43. The van der Waals surface area contributed by atoms with Gasteiger partial charge in [-0.05, 0) is 127 Å². The van der Waals surface area contributed by atoms with Crippen LogP contribution in [0.5, 0.6) is 0 Å². The van der Waals surface area contributed by atoms with Crippen LogP contribution in [0.25, 0.3) is 0 Å². The molecule has 20 heteroatoms. The Morgan fingerprint density at radius 3 is 2.21 bits per heavy atom. The number of allylic oxidation sites excluding steroid dienone is 3. The van der Waals surface area contributed by atoms with E-state index < -0.39 is 96.6 Å². The molecule has 3 aliphatic heterocycles. The molecule has 4 rings (SSSR count). The van der Waals surface area contributed by atoms with Crippen LogP contribution in [-0.4, -0.2) is 196 Å². The smallest absolute Gasteiger partial charge is 0.329 e. The molecule has 464 valence electrons. The first-order valence-electron chi connectivity index (χ1n) is 30.0. The molecule has 1 unspecified atom stereocenters. The molecule has 20 nitrogen and oxygen atoms in total. The number of ketones is 1. The van der Waals surface area contributed by atoms with Crippen LogP contribution in [0.15, 0.2) is 40.6 Å². The van der Waals surface area contributed by atoms with E-state index in [-0.39, 0.29) is 62.3 Å². The van der Waals surface area contributed by atoms with Crippen molar-refractivity contribution in [3.05, 3.63) is 35.5 Å². The minimum Gasteiger partial charge on any atom is -0.461 e. The number of Topliss-reactive ketones (excluding diaryl/α,β-unsaturated/α-hetero) is 1. The zero-order chi connectivity index (χ0) is 59.6. The summed E-state index contributed by atoms with van der Waals surface area (Å²) in [5, 5.41) is 54.0. The molecule has 2 amide bonds. The van der Waals surface area contributed by atoms with Crippen LogP contribution >= 0.6 is 0 Å². The van der Waals surface area contributed by atoms with Crippen molar-refractivity contribution in [2.75, 3.05) is 80.7 Å². The molecule has 2 bridgehead atoms. The highest BCUT2D eigenvalue weighted by Gasteiger charge is 2.53. The maximum Gasteiger partial charge on any atom is 0.329 e. The molecule has 0 aromatic heterocycles. The zero-order valence-corrected chi connectivity index (χ0v) is 50.7. The molecule has 81 heavy (non-hydrogen) atoms. The third-order valence-electron chi connectivity index (χ3n) is 17.1. The predicted octanol–water partition coefficient (Wildman–Crippen LogP) is 6.19. The molecule has 0 radical (unpaired) electrons. The van der Waals surface area contributed by atoms with Crippen LogP contribution in [0.1, 0.15) is 145 Å². The number of nitrogens with zero attached hydrogens (tertiary/aromatic N) is 2. The highest BCUT2D eigenvalue weighted by molar-refractivity contribution is 6.39. The normalized spacial score (nSPS) is 36.4. The lowest BCUT2D eigenvalue weighted by atomic mass is 9.81. The average Bonchev–Trinajstić information content (AvgIpc) is 3.47. The van der Waals surface area contributed by atoms with Crippen molar-refractivity contribution in [1.82, 2.24) is 10.2 Å². The van der Waals surface area contributed by atoms with Crippen LogP contribution < -0.4 is 5.32 Å². The summed E-state index contributed by atoms with van der Waals surface area (Å²) in [6.45, 7) is 18.0. The van der Waals surface area contributed by atoms with E-state index in [1.807, 2.05) is 32.9 Å². The molecular formula is C61H103N3O17. The number of piperidine rings is 1. The maximum absolute atomic E-state index is 14.5. The predicted molar refractivity (Wildman–Crippen MR) is 306 cm³/mol. The summed E-state index contributed by atoms with van der Waals surface area (Å²) in [7, 11) is 4.64. The summed E-state index contributed by atoms with van der Waals surface area (Å²) in [4.78, 5) is 63.0. The van der Waals surface area contributed by atoms with Gasteiger partial charge in [-0.2, -0.15) is 0 Å². The fourth-order valence-electron chi connectivity index (χ4n) is 11.5. The Morgan fingerprint density at radius 2 is 1.52 bits per heavy atom. The van der Waals surface area contributed by atoms with Crippen LogP contribution in [0, 0.1) is 35.5 Å². The third-order valence-corrected chi connectivity index (χ3v) is 17.1. The minimum absolute atomic E-state index is 0.00711. The molecule has 1 aliphatic carbocycles. The molecule has 0 aromatic rings. The van der Waals surface area contributed by atoms with Gasteiger partial charge in [0.1, 0.15) is 24.4 Å². The van der Waals surface area contributed by atoms with Crippen LogP contribution in [-0.2, 0) is 61.9 Å². The molecule has 4 aliphatic rings. The number of methoxy groups -OCH3 is 3. The second-order valence-electron chi connectivity index (χ2n) is 23.3. The summed E-state index contributed by atoms with van der Waals surface area (Å²) < 4.78 is 46.4. The second kappa shape index (κ2) is 36.2. The van der Waals surface area contributed by atoms with Crippen molar-refractivity contribution in [3.63, 3.8) is 0 Å². The van der Waals surface area contributed by atoms with Gasteiger partial charge >= 0.3 is 5.97 Å². The second-order valence-corrected chi connectivity index (χ2v) is 23.3. The number of aliphatic hydroxyl groups is 4. The van der Waals surface area contributed by atoms with E-state index in [0.717, 1.165) is 18.4 Å². The lowest BCUT2D eigenvalue weighted by Gasteiger charge is -2.42. The average molecular weight is 1150 g/mol. The number of hydrogen-bond acceptors (Lipinski definition) is 18. The van der Waals surface area contributed by atoms with Crippen LogP contribution in [0.4, 0.5) is 0 Å². The Balaban J connectivity index is 1.65. The van der Waals surface area contributed by atoms with Crippen LogP contribution in [0.2, 0.25) is 0 Å². The van der Waals surface area contributed by atoms with E-state index in [1.54, 1.807) is 41.1 Å². The van der Waals surface area contributed by atoms with Crippen molar-refractivity contribution in [2.45, 2.75) is 206 Å². The summed E-state index contributed by atoms with van der Waals surface area (Å²) in [5.41, 5.74) is 1.78. The summed E-state index contributed by atoms with van der Waals surface area (Å²) in [5.74, 6) is -6.78. The number of oxime groups is 1. The quantitative estimate of drug-likeness (QED) is 0.0318. The standard InChI is InChI=1S/C61H103N3O17/c1-12-76-29-30-78-32-31-77-28-26-62-54(67)38-79-63-55-43(6)33-41(4)39(2)17-13-14-18-40(3)52(73-9)37-48-23-20-45(8)61(72,81-48)58(69)59(70)64-27-16-15-19-49(64)60(71)80-47(24-21-46-22-25-50(65)53(35-46)74-10)36-51(66)42(5)34-44(7)56(68)57(55)75-11/h13-14,18,34,39,41-43,45-53,56-57,65-66,68,72H,12,15-17,19-33,35-38H2,1-11H3,(H,62,67)/b14-13+,40-18+,44-34+,63-55+/t39?,41-,42+,43+,45+,46+,47+,48-,49-,50+,51+,52-,53+,56+,57-,61+/m0/s1. The largest absolute Gasteiger partial charge is 0.461 e. The van der Waals surface area contributed by atoms with E-state index >= 15 is 0 Å². The Hall–Kier alpha value is -3.67. The van der Waals surface area contributed by atoms with Crippen LogP contribution in [0.3, 0.4) is 0 Å². The van der Waals surface area contributed by atoms with Crippen molar-refractivity contribution in [1.29, 1.82) is 0 Å². The molecule has 16 atom stereocenters. The topological polar surface area (TPSA) is 260 Å². The maximum atomic E-state index is 14.5. The van der Waals surface area contributed by atoms with Gasteiger partial charge in [0, 0.05) is 71.6 Å². The fourth-order valence-corrected chi connectivity index (χ4v) is 11.5. The van der Waals surface area contributed by atoms with E-state index in [1.165, 1.54) is 12.0 Å². The van der Waals surface area contributed by atoms with Crippen molar-refractivity contribution < 1.29 is 82.3 Å². The number of cyclic esters (lactones) is 1. The molecule has 1 saturated carbocycles. The number of fused-ring (bicyclic) bond motifs is 3. The number of aliphatic hydroxyl groups excluding tert-OH is 3. The zero-order valence-electron chi connectivity index (χ0n) is 50.7. The number of ether oxygens (including phenoxy) is 8. The number of hydrogen-bond donors (Lipinski definition) is 5. The summed E-state index contributed by atoms with van der Waals surface area (Å²) >= 11 is 0. The highest BCUT2D eigenvalue weighted by atomic mass is 16.6. The number of esters is 1. The number of carbonyl (C=O) groups excluding carboxylic acids is 4. The number of rotatable bonds is 19. The number of amides is 2. The van der Waals surface area contributed by atoms with Gasteiger partial charge in [-0.25, -0.2) is 4.79 Å². The Bertz CT molecular complexity index is 2040. The Kier molecular flexibility index (Phi) is 31.2. The van der Waals surface area contributed by atoms with Crippen molar-refractivity contribution >= 4 is 29.3 Å². The Labute approximate surface area is 483 Å². The third kappa shape index (κ3) is 22.0. The van der Waals surface area contributed by atoms with Gasteiger partial charge in [-0.15, -0.1) is 0 Å². The lowest BCUT2D eigenvalue weighted by molar-refractivity contribution is -0.265. The molecular weight excluding hydrogens is 1050 g/mol.